The molecule has 2 nitrogen and oxygen atoms in total. The van der Waals surface area contributed by atoms with Gasteiger partial charge in [-0.1, -0.05) is 12.1 Å². The van der Waals surface area contributed by atoms with E-state index in [0.717, 1.165) is 17.7 Å². The smallest absolute Gasteiger partial charge is 0.142 e. The third kappa shape index (κ3) is 3.61. The molecule has 2 aromatic rings. The average molecular weight is 281 g/mol. The van der Waals surface area contributed by atoms with E-state index in [4.69, 9.17) is 5.73 Å². The van der Waals surface area contributed by atoms with Crippen LogP contribution in [0.4, 0.5) is 14.5 Å². The number of halogens is 2. The lowest BCUT2D eigenvalue weighted by molar-refractivity contribution is 0.562. The number of benzene rings is 2. The van der Waals surface area contributed by atoms with Gasteiger partial charge in [0.15, 0.2) is 0 Å². The Morgan fingerprint density at radius 1 is 1.05 bits per heavy atom. The van der Waals surface area contributed by atoms with Gasteiger partial charge in [0.1, 0.15) is 11.6 Å². The van der Waals surface area contributed by atoms with E-state index in [1.54, 1.807) is 12.1 Å². The fourth-order valence-corrected chi connectivity index (χ4v) is 2.80. The van der Waals surface area contributed by atoms with Gasteiger partial charge in [0, 0.05) is 17.5 Å². The van der Waals surface area contributed by atoms with Crippen LogP contribution >= 0.6 is 0 Å². The summed E-state index contributed by atoms with van der Waals surface area (Å²) in [6, 6.07) is 10.3. The van der Waals surface area contributed by atoms with E-state index in [-0.39, 0.29) is 10.6 Å². The third-order valence-electron chi connectivity index (χ3n) is 2.70. The molecule has 1 atom stereocenters. The van der Waals surface area contributed by atoms with Gasteiger partial charge in [-0.25, -0.2) is 8.78 Å². The minimum atomic E-state index is -1.48. The van der Waals surface area contributed by atoms with Crippen molar-refractivity contribution in [2.45, 2.75) is 11.3 Å². The molecule has 0 saturated heterocycles. The summed E-state index contributed by atoms with van der Waals surface area (Å²) < 4.78 is 38.1. The molecule has 0 saturated carbocycles. The average Bonchev–Trinajstić information content (AvgIpc) is 2.37. The molecule has 0 amide bonds. The van der Waals surface area contributed by atoms with Crippen molar-refractivity contribution >= 4 is 16.5 Å². The molecule has 0 aliphatic carbocycles. The Kier molecular flexibility index (Phi) is 4.27. The maximum absolute atomic E-state index is 13.4. The summed E-state index contributed by atoms with van der Waals surface area (Å²) in [4.78, 5) is 0.0387. The standard InChI is InChI=1S/C14H13F2NOS/c15-11-3-6-14(13(16)9-11)19(18)8-7-10-1-4-12(17)5-2-10/h1-6,9H,7-8,17H2. The molecule has 100 valence electrons. The highest BCUT2D eigenvalue weighted by Crippen LogP contribution is 2.15. The molecule has 0 aliphatic rings. The van der Waals surface area contributed by atoms with Crippen molar-refractivity contribution in [1.82, 2.24) is 0 Å². The van der Waals surface area contributed by atoms with Gasteiger partial charge in [0.2, 0.25) is 0 Å². The lowest BCUT2D eigenvalue weighted by atomic mass is 10.2. The fraction of sp³-hybridized carbons (Fsp3) is 0.143. The lowest BCUT2D eigenvalue weighted by Gasteiger charge is -2.04. The van der Waals surface area contributed by atoms with E-state index in [1.807, 2.05) is 12.1 Å². The van der Waals surface area contributed by atoms with E-state index < -0.39 is 22.4 Å². The normalized spacial score (nSPS) is 12.3. The SMILES string of the molecule is Nc1ccc(CCS(=O)c2ccc(F)cc2F)cc1. The molecular weight excluding hydrogens is 268 g/mol. The molecule has 2 aromatic carbocycles. The molecule has 0 fully saturated rings. The first-order chi connectivity index (χ1) is 9.06. The van der Waals surface area contributed by atoms with Crippen LogP contribution in [-0.4, -0.2) is 9.96 Å². The third-order valence-corrected chi connectivity index (χ3v) is 4.09. The van der Waals surface area contributed by atoms with Crippen LogP contribution in [0.1, 0.15) is 5.56 Å². The van der Waals surface area contributed by atoms with Crippen LogP contribution in [0.2, 0.25) is 0 Å². The molecule has 0 spiro atoms. The minimum Gasteiger partial charge on any atom is -0.399 e. The van der Waals surface area contributed by atoms with Crippen LogP contribution in [-0.2, 0) is 17.2 Å². The quantitative estimate of drug-likeness (QED) is 0.876. The molecule has 2 rings (SSSR count). The van der Waals surface area contributed by atoms with E-state index in [9.17, 15) is 13.0 Å². The van der Waals surface area contributed by atoms with Gasteiger partial charge in [-0.15, -0.1) is 0 Å². The summed E-state index contributed by atoms with van der Waals surface area (Å²) in [6.45, 7) is 0. The maximum Gasteiger partial charge on any atom is 0.142 e. The van der Waals surface area contributed by atoms with Crippen LogP contribution < -0.4 is 5.73 Å². The maximum atomic E-state index is 13.4. The van der Waals surface area contributed by atoms with Crippen LogP contribution in [0.25, 0.3) is 0 Å². The fourth-order valence-electron chi connectivity index (χ4n) is 1.66. The van der Waals surface area contributed by atoms with Crippen LogP contribution in [0, 0.1) is 11.6 Å². The Balaban J connectivity index is 2.03. The van der Waals surface area contributed by atoms with Gasteiger partial charge in [-0.2, -0.15) is 0 Å². The first-order valence-corrected chi connectivity index (χ1v) is 7.06. The number of hydrogen-bond acceptors (Lipinski definition) is 2. The Labute approximate surface area is 112 Å². The van der Waals surface area contributed by atoms with Gasteiger partial charge < -0.3 is 5.73 Å². The largest absolute Gasteiger partial charge is 0.399 e. The number of aryl methyl sites for hydroxylation is 1. The van der Waals surface area contributed by atoms with E-state index in [1.165, 1.54) is 6.07 Å². The highest BCUT2D eigenvalue weighted by atomic mass is 32.2. The van der Waals surface area contributed by atoms with Crippen molar-refractivity contribution in [2.75, 3.05) is 11.5 Å². The molecule has 0 aromatic heterocycles. The Morgan fingerprint density at radius 3 is 2.37 bits per heavy atom. The van der Waals surface area contributed by atoms with E-state index in [0.29, 0.717) is 12.1 Å². The first kappa shape index (κ1) is 13.7. The van der Waals surface area contributed by atoms with Crippen LogP contribution in [0.3, 0.4) is 0 Å². The van der Waals surface area contributed by atoms with Gasteiger partial charge in [-0.05, 0) is 36.2 Å². The van der Waals surface area contributed by atoms with Crippen molar-refractivity contribution in [3.05, 3.63) is 59.7 Å². The Hall–Kier alpha value is -1.75. The van der Waals surface area contributed by atoms with Crippen molar-refractivity contribution in [3.8, 4) is 0 Å². The number of nitrogen functional groups attached to an aromatic ring is 1. The first-order valence-electron chi connectivity index (χ1n) is 5.74. The number of nitrogens with two attached hydrogens (primary N) is 1. The number of anilines is 1. The second kappa shape index (κ2) is 5.93. The summed E-state index contributed by atoms with van der Waals surface area (Å²) in [6.07, 6.45) is 0.545. The zero-order valence-electron chi connectivity index (χ0n) is 10.1. The predicted molar refractivity (Wildman–Crippen MR) is 72.2 cm³/mol. The lowest BCUT2D eigenvalue weighted by Crippen LogP contribution is -2.04. The summed E-state index contributed by atoms with van der Waals surface area (Å²) in [7, 11) is -1.48. The van der Waals surface area contributed by atoms with E-state index in [2.05, 4.69) is 0 Å². The van der Waals surface area contributed by atoms with Crippen molar-refractivity contribution in [3.63, 3.8) is 0 Å². The van der Waals surface area contributed by atoms with Crippen molar-refractivity contribution in [1.29, 1.82) is 0 Å². The van der Waals surface area contributed by atoms with Gasteiger partial charge in [0.25, 0.3) is 0 Å². The second-order valence-corrected chi connectivity index (χ2v) is 5.66. The molecule has 0 heterocycles. The molecule has 1 unspecified atom stereocenters. The predicted octanol–water partition coefficient (Wildman–Crippen LogP) is 2.90. The summed E-state index contributed by atoms with van der Waals surface area (Å²) in [5.74, 6) is -1.15. The topological polar surface area (TPSA) is 43.1 Å². The molecular formula is C14H13F2NOS. The molecule has 0 aliphatic heterocycles. The monoisotopic (exact) mass is 281 g/mol. The summed E-state index contributed by atoms with van der Waals surface area (Å²) in [5, 5.41) is 0. The van der Waals surface area contributed by atoms with Crippen molar-refractivity contribution < 1.29 is 13.0 Å². The number of rotatable bonds is 4. The van der Waals surface area contributed by atoms with E-state index >= 15 is 0 Å². The minimum absolute atomic E-state index is 0.0387. The zero-order chi connectivity index (χ0) is 13.8. The summed E-state index contributed by atoms with van der Waals surface area (Å²) in [5.41, 5.74) is 7.20. The van der Waals surface area contributed by atoms with Gasteiger partial charge in [-0.3, -0.25) is 4.21 Å². The Bertz CT molecular complexity index is 599. The highest BCUT2D eigenvalue weighted by molar-refractivity contribution is 7.85. The van der Waals surface area contributed by atoms with Gasteiger partial charge in [0.05, 0.1) is 15.7 Å². The van der Waals surface area contributed by atoms with Crippen LogP contribution in [0.5, 0.6) is 0 Å². The Morgan fingerprint density at radius 2 is 1.74 bits per heavy atom. The molecule has 5 heteroatoms. The van der Waals surface area contributed by atoms with Crippen LogP contribution in [0.15, 0.2) is 47.4 Å². The van der Waals surface area contributed by atoms with Crippen molar-refractivity contribution in [2.24, 2.45) is 0 Å². The highest BCUT2D eigenvalue weighted by Gasteiger charge is 2.11. The summed E-state index contributed by atoms with van der Waals surface area (Å²) >= 11 is 0. The zero-order valence-corrected chi connectivity index (χ0v) is 10.9. The molecule has 19 heavy (non-hydrogen) atoms. The molecule has 0 bridgehead atoms. The second-order valence-electron chi connectivity index (χ2n) is 4.12. The number of hydrogen-bond donors (Lipinski definition) is 1. The van der Waals surface area contributed by atoms with Gasteiger partial charge >= 0.3 is 0 Å². The molecule has 2 N–H and O–H groups in total. The molecule has 0 radical (unpaired) electrons.